The van der Waals surface area contributed by atoms with Crippen LogP contribution >= 0.6 is 0 Å². The van der Waals surface area contributed by atoms with E-state index in [1.54, 1.807) is 0 Å². The number of aliphatic hydroxyl groups is 1. The molecule has 0 aliphatic carbocycles. The zero-order valence-corrected chi connectivity index (χ0v) is 14.4. The first-order chi connectivity index (χ1) is 12.3. The molecule has 0 radical (unpaired) electrons. The van der Waals surface area contributed by atoms with E-state index in [2.05, 4.69) is 5.32 Å². The standard InChI is InChI=1S/C21H25NO3/c23-13-12-16-8-10-17(11-9-16)15-22-21(24)19-7-4-14-25-20(19)18-5-2-1-3-6-18/h1-3,5-6,8-11,19-20,23H,4,7,12-15H2,(H,22,24)/t19-,20+/m1/s1. The second-order valence-electron chi connectivity index (χ2n) is 6.46. The molecule has 1 aliphatic heterocycles. The number of hydrogen-bond acceptors (Lipinski definition) is 3. The molecule has 0 saturated carbocycles. The van der Waals surface area contributed by atoms with Gasteiger partial charge in [-0.3, -0.25) is 4.79 Å². The van der Waals surface area contributed by atoms with Gasteiger partial charge in [0.2, 0.25) is 5.91 Å². The zero-order valence-electron chi connectivity index (χ0n) is 14.4. The van der Waals surface area contributed by atoms with E-state index in [1.807, 2.05) is 54.6 Å². The lowest BCUT2D eigenvalue weighted by molar-refractivity contribution is -0.134. The van der Waals surface area contributed by atoms with Crippen LogP contribution in [0, 0.1) is 5.92 Å². The number of aliphatic hydroxyl groups excluding tert-OH is 1. The van der Waals surface area contributed by atoms with Gasteiger partial charge in [-0.2, -0.15) is 0 Å². The fraction of sp³-hybridized carbons (Fsp3) is 0.381. The van der Waals surface area contributed by atoms with Crippen LogP contribution in [0.4, 0.5) is 0 Å². The molecule has 1 amide bonds. The number of amides is 1. The number of carbonyl (C=O) groups is 1. The Balaban J connectivity index is 1.61. The first-order valence-electron chi connectivity index (χ1n) is 8.91. The monoisotopic (exact) mass is 339 g/mol. The highest BCUT2D eigenvalue weighted by atomic mass is 16.5. The fourth-order valence-corrected chi connectivity index (χ4v) is 3.29. The minimum Gasteiger partial charge on any atom is -0.396 e. The number of carbonyl (C=O) groups excluding carboxylic acids is 1. The van der Waals surface area contributed by atoms with Gasteiger partial charge in [0.05, 0.1) is 12.0 Å². The van der Waals surface area contributed by atoms with Crippen LogP contribution in [-0.2, 0) is 22.5 Å². The molecule has 0 aromatic heterocycles. The van der Waals surface area contributed by atoms with E-state index in [0.29, 0.717) is 19.6 Å². The van der Waals surface area contributed by atoms with Crippen molar-refractivity contribution in [1.29, 1.82) is 0 Å². The van der Waals surface area contributed by atoms with Crippen molar-refractivity contribution in [3.8, 4) is 0 Å². The first kappa shape index (κ1) is 17.6. The normalized spacial score (nSPS) is 20.2. The topological polar surface area (TPSA) is 58.6 Å². The van der Waals surface area contributed by atoms with Crippen molar-refractivity contribution in [3.05, 3.63) is 71.3 Å². The molecule has 2 aromatic rings. The predicted molar refractivity (Wildman–Crippen MR) is 96.9 cm³/mol. The molecule has 4 heteroatoms. The van der Waals surface area contributed by atoms with Gasteiger partial charge < -0.3 is 15.2 Å². The molecule has 2 atom stereocenters. The van der Waals surface area contributed by atoms with Crippen molar-refractivity contribution >= 4 is 5.91 Å². The molecule has 1 fully saturated rings. The highest BCUT2D eigenvalue weighted by molar-refractivity contribution is 5.79. The van der Waals surface area contributed by atoms with Gasteiger partial charge in [-0.1, -0.05) is 54.6 Å². The molecule has 25 heavy (non-hydrogen) atoms. The second-order valence-corrected chi connectivity index (χ2v) is 6.46. The third kappa shape index (κ3) is 4.68. The van der Waals surface area contributed by atoms with Crippen LogP contribution in [0.5, 0.6) is 0 Å². The van der Waals surface area contributed by atoms with Crippen molar-refractivity contribution < 1.29 is 14.6 Å². The lowest BCUT2D eigenvalue weighted by Crippen LogP contribution is -2.37. The lowest BCUT2D eigenvalue weighted by Gasteiger charge is -2.31. The van der Waals surface area contributed by atoms with Gasteiger partial charge in [0.15, 0.2) is 0 Å². The third-order valence-electron chi connectivity index (χ3n) is 4.68. The number of rotatable bonds is 6. The maximum atomic E-state index is 12.7. The molecule has 4 nitrogen and oxygen atoms in total. The number of ether oxygens (including phenoxy) is 1. The van der Waals surface area contributed by atoms with Crippen LogP contribution in [0.25, 0.3) is 0 Å². The summed E-state index contributed by atoms with van der Waals surface area (Å²) in [6.45, 7) is 1.37. The molecule has 1 saturated heterocycles. The van der Waals surface area contributed by atoms with E-state index in [-0.39, 0.29) is 24.5 Å². The number of nitrogens with one attached hydrogen (secondary N) is 1. The summed E-state index contributed by atoms with van der Waals surface area (Å²) < 4.78 is 5.91. The Morgan fingerprint density at radius 3 is 2.52 bits per heavy atom. The maximum Gasteiger partial charge on any atom is 0.226 e. The third-order valence-corrected chi connectivity index (χ3v) is 4.68. The van der Waals surface area contributed by atoms with Gasteiger partial charge in [-0.15, -0.1) is 0 Å². The summed E-state index contributed by atoms with van der Waals surface area (Å²) in [5, 5.41) is 12.0. The highest BCUT2D eigenvalue weighted by Crippen LogP contribution is 2.33. The molecule has 0 unspecified atom stereocenters. The van der Waals surface area contributed by atoms with Crippen molar-refractivity contribution in [2.24, 2.45) is 5.92 Å². The van der Waals surface area contributed by atoms with Crippen molar-refractivity contribution in [1.82, 2.24) is 5.32 Å². The van der Waals surface area contributed by atoms with Crippen LogP contribution in [0.3, 0.4) is 0 Å². The van der Waals surface area contributed by atoms with Gasteiger partial charge in [-0.05, 0) is 36.0 Å². The van der Waals surface area contributed by atoms with Crippen LogP contribution < -0.4 is 5.32 Å². The summed E-state index contributed by atoms with van der Waals surface area (Å²) in [5.41, 5.74) is 3.22. The largest absolute Gasteiger partial charge is 0.396 e. The Hall–Kier alpha value is -2.17. The first-order valence-corrected chi connectivity index (χ1v) is 8.91. The molecule has 2 aromatic carbocycles. The quantitative estimate of drug-likeness (QED) is 0.850. The Labute approximate surface area is 148 Å². The molecular formula is C21H25NO3. The summed E-state index contributed by atoms with van der Waals surface area (Å²) in [7, 11) is 0. The average Bonchev–Trinajstić information content (AvgIpc) is 2.68. The molecule has 1 aliphatic rings. The van der Waals surface area contributed by atoms with Crippen LogP contribution in [0.2, 0.25) is 0 Å². The minimum atomic E-state index is -0.165. The van der Waals surface area contributed by atoms with Gasteiger partial charge in [0.1, 0.15) is 0 Å². The summed E-state index contributed by atoms with van der Waals surface area (Å²) in [4.78, 5) is 12.7. The van der Waals surface area contributed by atoms with Crippen LogP contribution in [-0.4, -0.2) is 24.2 Å². The number of hydrogen-bond donors (Lipinski definition) is 2. The fourth-order valence-electron chi connectivity index (χ4n) is 3.29. The van der Waals surface area contributed by atoms with Gasteiger partial charge in [-0.25, -0.2) is 0 Å². The number of benzene rings is 2. The highest BCUT2D eigenvalue weighted by Gasteiger charge is 2.32. The summed E-state index contributed by atoms with van der Waals surface area (Å²) in [6, 6.07) is 18.0. The van der Waals surface area contributed by atoms with Crippen LogP contribution in [0.15, 0.2) is 54.6 Å². The van der Waals surface area contributed by atoms with Gasteiger partial charge in [0, 0.05) is 19.8 Å². The molecule has 0 bridgehead atoms. The summed E-state index contributed by atoms with van der Waals surface area (Å²) in [5.74, 6) is -0.0993. The van der Waals surface area contributed by atoms with Crippen molar-refractivity contribution in [2.75, 3.05) is 13.2 Å². The summed E-state index contributed by atoms with van der Waals surface area (Å²) >= 11 is 0. The van der Waals surface area contributed by atoms with Gasteiger partial charge >= 0.3 is 0 Å². The van der Waals surface area contributed by atoms with E-state index in [0.717, 1.165) is 29.5 Å². The average molecular weight is 339 g/mol. The molecule has 1 heterocycles. The molecular weight excluding hydrogens is 314 g/mol. The second kappa shape index (κ2) is 8.79. The predicted octanol–water partition coefficient (Wildman–Crippen LogP) is 3.01. The van der Waals surface area contributed by atoms with Crippen molar-refractivity contribution in [3.63, 3.8) is 0 Å². The summed E-state index contributed by atoms with van der Waals surface area (Å²) in [6.07, 6.45) is 2.25. The van der Waals surface area contributed by atoms with E-state index in [4.69, 9.17) is 9.84 Å². The van der Waals surface area contributed by atoms with E-state index < -0.39 is 0 Å². The molecule has 0 spiro atoms. The Kier molecular flexibility index (Phi) is 6.20. The minimum absolute atomic E-state index is 0.0491. The Bertz CT molecular complexity index is 669. The molecule has 132 valence electrons. The zero-order chi connectivity index (χ0) is 17.5. The Morgan fingerprint density at radius 1 is 1.08 bits per heavy atom. The maximum absolute atomic E-state index is 12.7. The van der Waals surface area contributed by atoms with E-state index >= 15 is 0 Å². The lowest BCUT2D eigenvalue weighted by atomic mass is 9.88. The van der Waals surface area contributed by atoms with Gasteiger partial charge in [0.25, 0.3) is 0 Å². The Morgan fingerprint density at radius 2 is 1.80 bits per heavy atom. The molecule has 2 N–H and O–H groups in total. The smallest absolute Gasteiger partial charge is 0.226 e. The SMILES string of the molecule is O=C(NCc1ccc(CCO)cc1)[C@@H]1CCCO[C@H]1c1ccccc1. The van der Waals surface area contributed by atoms with Crippen LogP contribution in [0.1, 0.15) is 35.6 Å². The van der Waals surface area contributed by atoms with Crippen molar-refractivity contribution in [2.45, 2.75) is 31.9 Å². The molecule has 3 rings (SSSR count). The van der Waals surface area contributed by atoms with E-state index in [1.165, 1.54) is 0 Å². The van der Waals surface area contributed by atoms with E-state index in [9.17, 15) is 4.79 Å².